The minimum atomic E-state index is -0.271. The molecule has 0 spiro atoms. The van der Waals surface area contributed by atoms with Crippen LogP contribution in [0.5, 0.6) is 11.5 Å². The molecule has 0 bridgehead atoms. The highest BCUT2D eigenvalue weighted by Gasteiger charge is 2.16. The SMILES string of the molecule is COc1ccc(C(=O)NCC2COCCO2)cc1O. The summed E-state index contributed by atoms with van der Waals surface area (Å²) in [7, 11) is 1.45. The fraction of sp³-hybridized carbons (Fsp3) is 0.462. The summed E-state index contributed by atoms with van der Waals surface area (Å²) < 4.78 is 15.6. The minimum absolute atomic E-state index is 0.0626. The van der Waals surface area contributed by atoms with E-state index in [0.29, 0.717) is 37.7 Å². The molecule has 1 fully saturated rings. The number of phenols is 1. The molecule has 1 saturated heterocycles. The smallest absolute Gasteiger partial charge is 0.251 e. The minimum Gasteiger partial charge on any atom is -0.504 e. The summed E-state index contributed by atoms with van der Waals surface area (Å²) in [5, 5.41) is 12.3. The number of phenolic OH excluding ortho intramolecular Hbond substituents is 1. The van der Waals surface area contributed by atoms with Crippen molar-refractivity contribution in [3.63, 3.8) is 0 Å². The van der Waals surface area contributed by atoms with Crippen LogP contribution >= 0.6 is 0 Å². The van der Waals surface area contributed by atoms with Crippen LogP contribution in [0.15, 0.2) is 18.2 Å². The molecule has 1 aromatic rings. The first-order valence-corrected chi connectivity index (χ1v) is 6.05. The molecule has 6 nitrogen and oxygen atoms in total. The highest BCUT2D eigenvalue weighted by atomic mass is 16.6. The second kappa shape index (κ2) is 6.40. The van der Waals surface area contributed by atoms with E-state index >= 15 is 0 Å². The summed E-state index contributed by atoms with van der Waals surface area (Å²) in [6.45, 7) is 2.00. The van der Waals surface area contributed by atoms with Crippen LogP contribution in [0.2, 0.25) is 0 Å². The first-order valence-electron chi connectivity index (χ1n) is 6.05. The van der Waals surface area contributed by atoms with E-state index in [2.05, 4.69) is 5.32 Å². The second-order valence-electron chi connectivity index (χ2n) is 4.16. The van der Waals surface area contributed by atoms with Gasteiger partial charge in [-0.15, -0.1) is 0 Å². The maximum atomic E-state index is 11.9. The molecule has 0 radical (unpaired) electrons. The lowest BCUT2D eigenvalue weighted by atomic mass is 10.2. The highest BCUT2D eigenvalue weighted by Crippen LogP contribution is 2.26. The van der Waals surface area contributed by atoms with Gasteiger partial charge in [0.25, 0.3) is 5.91 Å². The van der Waals surface area contributed by atoms with Crippen LogP contribution < -0.4 is 10.1 Å². The number of amides is 1. The van der Waals surface area contributed by atoms with Crippen molar-refractivity contribution in [1.82, 2.24) is 5.32 Å². The number of benzene rings is 1. The number of aromatic hydroxyl groups is 1. The van der Waals surface area contributed by atoms with Crippen molar-refractivity contribution in [2.24, 2.45) is 0 Å². The zero-order chi connectivity index (χ0) is 13.7. The van der Waals surface area contributed by atoms with Gasteiger partial charge in [0.2, 0.25) is 0 Å². The van der Waals surface area contributed by atoms with Gasteiger partial charge in [-0.25, -0.2) is 0 Å². The maximum Gasteiger partial charge on any atom is 0.251 e. The summed E-state index contributed by atoms with van der Waals surface area (Å²) >= 11 is 0. The molecule has 6 heteroatoms. The molecule has 1 aromatic carbocycles. The number of rotatable bonds is 4. The van der Waals surface area contributed by atoms with Gasteiger partial charge in [-0.2, -0.15) is 0 Å². The number of ether oxygens (including phenoxy) is 3. The monoisotopic (exact) mass is 267 g/mol. The highest BCUT2D eigenvalue weighted by molar-refractivity contribution is 5.94. The Labute approximate surface area is 111 Å². The molecule has 19 heavy (non-hydrogen) atoms. The quantitative estimate of drug-likeness (QED) is 0.833. The van der Waals surface area contributed by atoms with Gasteiger partial charge < -0.3 is 24.6 Å². The molecule has 1 atom stereocenters. The van der Waals surface area contributed by atoms with Crippen molar-refractivity contribution in [1.29, 1.82) is 0 Å². The third-order valence-corrected chi connectivity index (χ3v) is 2.82. The number of carbonyl (C=O) groups excluding carboxylic acids is 1. The third kappa shape index (κ3) is 3.59. The molecule has 1 aliphatic rings. The maximum absolute atomic E-state index is 11.9. The van der Waals surface area contributed by atoms with Gasteiger partial charge in [0.15, 0.2) is 11.5 Å². The average Bonchev–Trinajstić information content (AvgIpc) is 2.45. The molecule has 2 rings (SSSR count). The molecule has 1 unspecified atom stereocenters. The molecule has 0 aliphatic carbocycles. The first kappa shape index (κ1) is 13.6. The fourth-order valence-electron chi connectivity index (χ4n) is 1.79. The largest absolute Gasteiger partial charge is 0.504 e. The number of carbonyl (C=O) groups is 1. The van der Waals surface area contributed by atoms with Gasteiger partial charge in [0, 0.05) is 12.1 Å². The van der Waals surface area contributed by atoms with Crippen LogP contribution in [0.3, 0.4) is 0 Å². The topological polar surface area (TPSA) is 77.0 Å². The Balaban J connectivity index is 1.90. The van der Waals surface area contributed by atoms with Crippen molar-refractivity contribution in [3.05, 3.63) is 23.8 Å². The van der Waals surface area contributed by atoms with Crippen LogP contribution in [-0.4, -0.2) is 50.6 Å². The Bertz CT molecular complexity index is 443. The molecule has 2 N–H and O–H groups in total. The normalized spacial score (nSPS) is 18.9. The Morgan fingerprint density at radius 3 is 3.00 bits per heavy atom. The van der Waals surface area contributed by atoms with Crippen molar-refractivity contribution in [3.8, 4) is 11.5 Å². The Hall–Kier alpha value is -1.79. The lowest BCUT2D eigenvalue weighted by Crippen LogP contribution is -2.39. The molecule has 1 heterocycles. The standard InChI is InChI=1S/C13H17NO5/c1-17-12-3-2-9(6-11(12)15)13(16)14-7-10-8-18-4-5-19-10/h2-3,6,10,15H,4-5,7-8H2,1H3,(H,14,16). The second-order valence-corrected chi connectivity index (χ2v) is 4.16. The number of hydrogen-bond donors (Lipinski definition) is 2. The van der Waals surface area contributed by atoms with Gasteiger partial charge in [-0.3, -0.25) is 4.79 Å². The van der Waals surface area contributed by atoms with E-state index in [0.717, 1.165) is 0 Å². The summed E-state index contributed by atoms with van der Waals surface area (Å²) in [5.41, 5.74) is 0.370. The van der Waals surface area contributed by atoms with E-state index in [1.54, 1.807) is 12.1 Å². The van der Waals surface area contributed by atoms with E-state index in [1.165, 1.54) is 13.2 Å². The van der Waals surface area contributed by atoms with E-state index in [9.17, 15) is 9.90 Å². The van der Waals surface area contributed by atoms with Crippen LogP contribution in [0.25, 0.3) is 0 Å². The molecule has 0 aromatic heterocycles. The molecule has 0 saturated carbocycles. The van der Waals surface area contributed by atoms with Crippen LogP contribution in [0.1, 0.15) is 10.4 Å². The van der Waals surface area contributed by atoms with Crippen molar-refractivity contribution >= 4 is 5.91 Å². The van der Waals surface area contributed by atoms with E-state index in [4.69, 9.17) is 14.2 Å². The van der Waals surface area contributed by atoms with Gasteiger partial charge in [0.1, 0.15) is 0 Å². The summed E-state index contributed by atoms with van der Waals surface area (Å²) in [6.07, 6.45) is -0.121. The first-order chi connectivity index (χ1) is 9.20. The fourth-order valence-corrected chi connectivity index (χ4v) is 1.79. The summed E-state index contributed by atoms with van der Waals surface area (Å²) in [6, 6.07) is 4.50. The van der Waals surface area contributed by atoms with Crippen LogP contribution in [-0.2, 0) is 9.47 Å². The molecular weight excluding hydrogens is 250 g/mol. The zero-order valence-corrected chi connectivity index (χ0v) is 10.7. The zero-order valence-electron chi connectivity index (χ0n) is 10.7. The van der Waals surface area contributed by atoms with Gasteiger partial charge in [0.05, 0.1) is 33.0 Å². The third-order valence-electron chi connectivity index (χ3n) is 2.82. The number of methoxy groups -OCH3 is 1. The van der Waals surface area contributed by atoms with E-state index < -0.39 is 0 Å². The predicted octanol–water partition coefficient (Wildman–Crippen LogP) is 0.546. The number of hydrogen-bond acceptors (Lipinski definition) is 5. The van der Waals surface area contributed by atoms with Gasteiger partial charge in [-0.1, -0.05) is 0 Å². The summed E-state index contributed by atoms with van der Waals surface area (Å²) in [5.74, 6) is 0.0000834. The Morgan fingerprint density at radius 1 is 1.53 bits per heavy atom. The van der Waals surface area contributed by atoms with E-state index in [-0.39, 0.29) is 17.8 Å². The van der Waals surface area contributed by atoms with Crippen molar-refractivity contribution in [2.75, 3.05) is 33.5 Å². The summed E-state index contributed by atoms with van der Waals surface area (Å²) in [4.78, 5) is 11.9. The molecule has 1 amide bonds. The molecule has 104 valence electrons. The van der Waals surface area contributed by atoms with Crippen molar-refractivity contribution < 1.29 is 24.1 Å². The molecule has 1 aliphatic heterocycles. The number of nitrogens with one attached hydrogen (secondary N) is 1. The van der Waals surface area contributed by atoms with Crippen molar-refractivity contribution in [2.45, 2.75) is 6.10 Å². The Morgan fingerprint density at radius 2 is 2.37 bits per heavy atom. The van der Waals surface area contributed by atoms with Crippen LogP contribution in [0, 0.1) is 0 Å². The lowest BCUT2D eigenvalue weighted by molar-refractivity contribution is -0.0855. The van der Waals surface area contributed by atoms with Gasteiger partial charge >= 0.3 is 0 Å². The van der Waals surface area contributed by atoms with Gasteiger partial charge in [-0.05, 0) is 18.2 Å². The average molecular weight is 267 g/mol. The lowest BCUT2D eigenvalue weighted by Gasteiger charge is -2.23. The predicted molar refractivity (Wildman–Crippen MR) is 67.6 cm³/mol. The Kier molecular flexibility index (Phi) is 4.59. The molecular formula is C13H17NO5. The van der Waals surface area contributed by atoms with Crippen LogP contribution in [0.4, 0.5) is 0 Å². The van der Waals surface area contributed by atoms with E-state index in [1.807, 2.05) is 0 Å².